The Morgan fingerprint density at radius 2 is 1.91 bits per heavy atom. The Kier molecular flexibility index (Phi) is 5.49. The number of rotatable bonds is 3. The minimum absolute atomic E-state index is 0.0188. The van der Waals surface area contributed by atoms with E-state index in [1.165, 1.54) is 18.6 Å². The van der Waals surface area contributed by atoms with Gasteiger partial charge in [-0.1, -0.05) is 18.0 Å². The third-order valence-electron chi connectivity index (χ3n) is 8.01. The lowest BCUT2D eigenvalue weighted by molar-refractivity contribution is -0.000328. The highest BCUT2D eigenvalue weighted by Gasteiger charge is 2.38. The first kappa shape index (κ1) is 22.7. The Labute approximate surface area is 208 Å². The van der Waals surface area contributed by atoms with Crippen molar-refractivity contribution in [3.63, 3.8) is 0 Å². The van der Waals surface area contributed by atoms with E-state index in [0.717, 1.165) is 54.0 Å². The minimum atomic E-state index is -0.404. The van der Waals surface area contributed by atoms with E-state index < -0.39 is 5.82 Å². The zero-order chi connectivity index (χ0) is 24.4. The van der Waals surface area contributed by atoms with Crippen LogP contribution in [0.2, 0.25) is 5.02 Å². The molecule has 35 heavy (non-hydrogen) atoms. The molecular weight excluding hydrogens is 469 g/mol. The second kappa shape index (κ2) is 8.45. The van der Waals surface area contributed by atoms with Crippen LogP contribution >= 0.6 is 11.6 Å². The highest BCUT2D eigenvalue weighted by atomic mass is 35.5. The first-order valence-electron chi connectivity index (χ1n) is 12.3. The molecule has 0 saturated carbocycles. The summed E-state index contributed by atoms with van der Waals surface area (Å²) in [5, 5.41) is 5.27. The molecule has 3 aliphatic heterocycles. The highest BCUT2D eigenvalue weighted by Crippen LogP contribution is 2.36. The fraction of sp³-hybridized carbons (Fsp3) is 0.500. The molecule has 0 spiro atoms. The summed E-state index contributed by atoms with van der Waals surface area (Å²) in [6, 6.07) is 5.19. The molecule has 2 fully saturated rings. The van der Waals surface area contributed by atoms with Gasteiger partial charge in [-0.05, 0) is 58.7 Å². The van der Waals surface area contributed by atoms with Gasteiger partial charge in [-0.15, -0.1) is 0 Å². The summed E-state index contributed by atoms with van der Waals surface area (Å²) in [6.07, 6.45) is 5.35. The maximum absolute atomic E-state index is 14.2. The van der Waals surface area contributed by atoms with Gasteiger partial charge in [0.25, 0.3) is 5.91 Å². The van der Waals surface area contributed by atoms with Crippen LogP contribution in [0.15, 0.2) is 18.2 Å². The van der Waals surface area contributed by atoms with Gasteiger partial charge in [-0.25, -0.2) is 13.9 Å². The van der Waals surface area contributed by atoms with Gasteiger partial charge in [0.05, 0.1) is 40.8 Å². The SMILES string of the molecule is Cc1nc2c3c(nn2c(C)c1Cl)CN(C(=O)c1ccc(F)cc1OC1CC2CCC[C@H](C1)N2C)C3. The Balaban J connectivity index is 1.25. The molecule has 0 N–H and O–H groups in total. The molecular formula is C26H29ClFN5O2. The lowest BCUT2D eigenvalue weighted by Gasteiger charge is -2.46. The average Bonchev–Trinajstić information content (AvgIpc) is 3.37. The van der Waals surface area contributed by atoms with E-state index in [2.05, 4.69) is 22.0 Å². The molecule has 0 aliphatic carbocycles. The number of benzene rings is 1. The van der Waals surface area contributed by atoms with Crippen LogP contribution in [-0.2, 0) is 13.1 Å². The van der Waals surface area contributed by atoms with Crippen molar-refractivity contribution in [3.05, 3.63) is 57.2 Å². The number of hydrogen-bond acceptors (Lipinski definition) is 5. The van der Waals surface area contributed by atoms with Crippen LogP contribution < -0.4 is 4.74 Å². The summed E-state index contributed by atoms with van der Waals surface area (Å²) in [4.78, 5) is 22.4. The third-order valence-corrected chi connectivity index (χ3v) is 8.55. The summed E-state index contributed by atoms with van der Waals surface area (Å²) >= 11 is 6.35. The van der Waals surface area contributed by atoms with Crippen LogP contribution in [0.3, 0.4) is 0 Å². The number of nitrogens with zero attached hydrogens (tertiary/aromatic N) is 5. The average molecular weight is 498 g/mol. The van der Waals surface area contributed by atoms with E-state index in [1.54, 1.807) is 15.5 Å². The van der Waals surface area contributed by atoms with E-state index in [4.69, 9.17) is 16.3 Å². The second-order valence-electron chi connectivity index (χ2n) is 10.2. The van der Waals surface area contributed by atoms with Gasteiger partial charge in [0.2, 0.25) is 0 Å². The van der Waals surface area contributed by atoms with Crippen LogP contribution in [0.4, 0.5) is 4.39 Å². The number of aryl methyl sites for hydroxylation is 2. The lowest BCUT2D eigenvalue weighted by Crippen LogP contribution is -2.52. The quantitative estimate of drug-likeness (QED) is 0.525. The number of hydrogen-bond donors (Lipinski definition) is 0. The molecule has 2 aromatic heterocycles. The Hall–Kier alpha value is -2.71. The molecule has 3 aromatic rings. The normalized spacial score (nSPS) is 24.1. The van der Waals surface area contributed by atoms with E-state index in [1.807, 2.05) is 13.8 Å². The van der Waals surface area contributed by atoms with Crippen molar-refractivity contribution in [3.8, 4) is 5.75 Å². The molecule has 3 atom stereocenters. The standard InChI is InChI=1S/C26H29ClFN5O2/c1-14-24(27)15(2)33-25(29-14)21-12-32(13-22(21)30-33)26(34)20-8-7-16(28)9-23(20)35-19-10-17-5-4-6-18(11-19)31(17)3/h7-9,17-19H,4-6,10-13H2,1-3H3/t17-,18?,19?/m1/s1. The van der Waals surface area contributed by atoms with E-state index in [-0.39, 0.29) is 12.0 Å². The topological polar surface area (TPSA) is 63.0 Å². The van der Waals surface area contributed by atoms with Crippen LogP contribution in [0.5, 0.6) is 5.75 Å². The highest BCUT2D eigenvalue weighted by molar-refractivity contribution is 6.31. The fourth-order valence-electron chi connectivity index (χ4n) is 6.04. The maximum Gasteiger partial charge on any atom is 0.258 e. The van der Waals surface area contributed by atoms with E-state index in [9.17, 15) is 9.18 Å². The molecule has 0 radical (unpaired) electrons. The Bertz CT molecular complexity index is 1330. The monoisotopic (exact) mass is 497 g/mol. The number of ether oxygens (including phenoxy) is 1. The smallest absolute Gasteiger partial charge is 0.258 e. The van der Waals surface area contributed by atoms with Crippen molar-refractivity contribution in [1.29, 1.82) is 0 Å². The number of amides is 1. The lowest BCUT2D eigenvalue weighted by atomic mass is 9.83. The summed E-state index contributed by atoms with van der Waals surface area (Å²) in [5.41, 5.74) is 4.42. The number of piperidine rings is 2. The molecule has 9 heteroatoms. The van der Waals surface area contributed by atoms with Crippen LogP contribution in [0.25, 0.3) is 5.65 Å². The Morgan fingerprint density at radius 1 is 1.17 bits per heavy atom. The number of halogens is 2. The van der Waals surface area contributed by atoms with E-state index in [0.29, 0.717) is 41.5 Å². The predicted molar refractivity (Wildman–Crippen MR) is 130 cm³/mol. The Morgan fingerprint density at radius 3 is 2.66 bits per heavy atom. The maximum atomic E-state index is 14.2. The molecule has 5 heterocycles. The molecule has 1 aromatic carbocycles. The van der Waals surface area contributed by atoms with Crippen LogP contribution in [0.1, 0.15) is 65.1 Å². The van der Waals surface area contributed by atoms with Gasteiger partial charge >= 0.3 is 0 Å². The molecule has 184 valence electrons. The summed E-state index contributed by atoms with van der Waals surface area (Å²) in [6.45, 7) is 4.53. The molecule has 2 saturated heterocycles. The number of aromatic nitrogens is 3. The van der Waals surface area contributed by atoms with Gasteiger partial charge in [0.15, 0.2) is 5.65 Å². The molecule has 1 amide bonds. The van der Waals surface area contributed by atoms with Crippen molar-refractivity contribution < 1.29 is 13.9 Å². The number of carbonyl (C=O) groups excluding carboxylic acids is 1. The first-order chi connectivity index (χ1) is 16.8. The van der Waals surface area contributed by atoms with Crippen molar-refractivity contribution in [1.82, 2.24) is 24.4 Å². The van der Waals surface area contributed by atoms with Crippen molar-refractivity contribution in [2.75, 3.05) is 7.05 Å². The third kappa shape index (κ3) is 3.78. The zero-order valence-electron chi connectivity index (χ0n) is 20.2. The predicted octanol–water partition coefficient (Wildman–Crippen LogP) is 4.69. The van der Waals surface area contributed by atoms with Gasteiger partial charge < -0.3 is 14.5 Å². The molecule has 6 rings (SSSR count). The number of fused-ring (bicyclic) bond motifs is 5. The fourth-order valence-corrected chi connectivity index (χ4v) is 6.16. The first-order valence-corrected chi connectivity index (χ1v) is 12.7. The zero-order valence-corrected chi connectivity index (χ0v) is 21.0. The van der Waals surface area contributed by atoms with Gasteiger partial charge in [0, 0.05) is 23.7 Å². The number of carbonyl (C=O) groups is 1. The summed E-state index contributed by atoms with van der Waals surface area (Å²) in [7, 11) is 2.19. The molecule has 7 nitrogen and oxygen atoms in total. The molecule has 2 bridgehead atoms. The molecule has 2 unspecified atom stereocenters. The van der Waals surface area contributed by atoms with Crippen molar-refractivity contribution in [2.45, 2.75) is 77.2 Å². The summed E-state index contributed by atoms with van der Waals surface area (Å²) < 4.78 is 22.3. The largest absolute Gasteiger partial charge is 0.489 e. The second-order valence-corrected chi connectivity index (χ2v) is 10.6. The van der Waals surface area contributed by atoms with Gasteiger partial charge in [-0.2, -0.15) is 5.10 Å². The van der Waals surface area contributed by atoms with E-state index >= 15 is 0 Å². The van der Waals surface area contributed by atoms with Crippen LogP contribution in [-0.4, -0.2) is 55.5 Å². The van der Waals surface area contributed by atoms with Gasteiger partial charge in [-0.3, -0.25) is 4.79 Å². The molecule has 3 aliphatic rings. The van der Waals surface area contributed by atoms with Crippen molar-refractivity contribution >= 4 is 23.2 Å². The van der Waals surface area contributed by atoms with Crippen molar-refractivity contribution in [2.24, 2.45) is 0 Å². The summed E-state index contributed by atoms with van der Waals surface area (Å²) in [5.74, 6) is -0.260. The minimum Gasteiger partial charge on any atom is -0.489 e. The van der Waals surface area contributed by atoms with Gasteiger partial charge in [0.1, 0.15) is 17.7 Å². The van der Waals surface area contributed by atoms with Crippen LogP contribution in [0, 0.1) is 19.7 Å².